The summed E-state index contributed by atoms with van der Waals surface area (Å²) < 4.78 is 5.35. The third kappa shape index (κ3) is 4.85. The fourth-order valence-electron chi connectivity index (χ4n) is 3.69. The van der Waals surface area contributed by atoms with E-state index in [0.29, 0.717) is 42.0 Å². The highest BCUT2D eigenvalue weighted by atomic mass is 32.1. The normalized spacial score (nSPS) is 18.8. The second kappa shape index (κ2) is 9.69. The van der Waals surface area contributed by atoms with Gasteiger partial charge in [-0.2, -0.15) is 0 Å². The number of aliphatic carboxylic acids is 1. The molecule has 2 atom stereocenters. The lowest BCUT2D eigenvalue weighted by atomic mass is 9.79. The van der Waals surface area contributed by atoms with Crippen molar-refractivity contribution >= 4 is 34.2 Å². The SMILES string of the molecule is CCCOC(=O)c1c(-c2ccccc2)csc1NC(=O)[C@H]1CCCC[C@@H]1C(=O)O. The third-order valence-electron chi connectivity index (χ3n) is 5.17. The van der Waals surface area contributed by atoms with Gasteiger partial charge in [0.25, 0.3) is 0 Å². The molecular formula is C22H25NO5S. The monoisotopic (exact) mass is 415 g/mol. The predicted octanol–water partition coefficient (Wildman–Crippen LogP) is 4.81. The molecule has 29 heavy (non-hydrogen) atoms. The summed E-state index contributed by atoms with van der Waals surface area (Å²) in [6.07, 6.45) is 3.37. The van der Waals surface area contributed by atoms with E-state index in [4.69, 9.17) is 4.74 Å². The maximum absolute atomic E-state index is 12.9. The number of hydrogen-bond acceptors (Lipinski definition) is 5. The molecule has 1 amide bonds. The molecule has 7 heteroatoms. The maximum atomic E-state index is 12.9. The van der Waals surface area contributed by atoms with Crippen LogP contribution in [0.1, 0.15) is 49.4 Å². The number of carboxylic acid groups (broad SMARTS) is 1. The first-order valence-electron chi connectivity index (χ1n) is 9.90. The summed E-state index contributed by atoms with van der Waals surface area (Å²) in [4.78, 5) is 37.2. The molecule has 1 aromatic heterocycles. The topological polar surface area (TPSA) is 92.7 Å². The highest BCUT2D eigenvalue weighted by Crippen LogP contribution is 2.38. The van der Waals surface area contributed by atoms with E-state index < -0.39 is 23.8 Å². The molecular weight excluding hydrogens is 390 g/mol. The van der Waals surface area contributed by atoms with Crippen LogP contribution in [0.5, 0.6) is 0 Å². The summed E-state index contributed by atoms with van der Waals surface area (Å²) in [5.74, 6) is -3.05. The predicted molar refractivity (Wildman–Crippen MR) is 112 cm³/mol. The number of benzene rings is 1. The van der Waals surface area contributed by atoms with Crippen molar-refractivity contribution in [1.29, 1.82) is 0 Å². The van der Waals surface area contributed by atoms with Gasteiger partial charge in [0.15, 0.2) is 0 Å². The number of carboxylic acids is 1. The molecule has 0 aliphatic heterocycles. The smallest absolute Gasteiger partial charge is 0.341 e. The van der Waals surface area contributed by atoms with Crippen LogP contribution in [0.4, 0.5) is 5.00 Å². The molecule has 1 aromatic carbocycles. The van der Waals surface area contributed by atoms with Gasteiger partial charge in [0.05, 0.1) is 18.4 Å². The molecule has 0 bridgehead atoms. The van der Waals surface area contributed by atoms with Crippen molar-refractivity contribution in [1.82, 2.24) is 0 Å². The minimum absolute atomic E-state index is 0.292. The van der Waals surface area contributed by atoms with E-state index in [1.54, 1.807) is 0 Å². The van der Waals surface area contributed by atoms with Gasteiger partial charge in [0, 0.05) is 10.9 Å². The first kappa shape index (κ1) is 21.0. The molecule has 2 N–H and O–H groups in total. The number of carbonyl (C=O) groups excluding carboxylic acids is 2. The standard InChI is InChI=1S/C22H25NO5S/c1-2-12-28-22(27)18-17(14-8-4-3-5-9-14)13-29-20(18)23-19(24)15-10-6-7-11-16(15)21(25)26/h3-5,8-9,13,15-16H,2,6-7,10-12H2,1H3,(H,23,24)(H,25,26)/t15-,16-/m0/s1. The van der Waals surface area contributed by atoms with Gasteiger partial charge in [-0.3, -0.25) is 9.59 Å². The zero-order chi connectivity index (χ0) is 20.8. The van der Waals surface area contributed by atoms with E-state index in [1.807, 2.05) is 42.6 Å². The molecule has 1 aliphatic rings. The molecule has 0 radical (unpaired) electrons. The van der Waals surface area contributed by atoms with Crippen molar-refractivity contribution in [3.8, 4) is 11.1 Å². The van der Waals surface area contributed by atoms with Gasteiger partial charge in [-0.15, -0.1) is 11.3 Å². The lowest BCUT2D eigenvalue weighted by molar-refractivity contribution is -0.147. The highest BCUT2D eigenvalue weighted by molar-refractivity contribution is 7.15. The number of hydrogen-bond donors (Lipinski definition) is 2. The quantitative estimate of drug-likeness (QED) is 0.633. The second-order valence-electron chi connectivity index (χ2n) is 7.18. The fourth-order valence-corrected chi connectivity index (χ4v) is 4.65. The van der Waals surface area contributed by atoms with Gasteiger partial charge in [0.2, 0.25) is 5.91 Å². The van der Waals surface area contributed by atoms with Crippen molar-refractivity contribution < 1.29 is 24.2 Å². The Morgan fingerprint density at radius 2 is 1.83 bits per heavy atom. The van der Waals surface area contributed by atoms with Crippen LogP contribution < -0.4 is 5.32 Å². The molecule has 1 saturated carbocycles. The maximum Gasteiger partial charge on any atom is 0.341 e. The Bertz CT molecular complexity index is 877. The number of ether oxygens (including phenoxy) is 1. The number of carbonyl (C=O) groups is 3. The van der Waals surface area contributed by atoms with Gasteiger partial charge in [-0.1, -0.05) is 50.1 Å². The van der Waals surface area contributed by atoms with Crippen molar-refractivity contribution in [3.05, 3.63) is 41.3 Å². The molecule has 1 fully saturated rings. The van der Waals surface area contributed by atoms with Crippen LogP contribution in [0.2, 0.25) is 0 Å². The van der Waals surface area contributed by atoms with E-state index in [0.717, 1.165) is 18.4 Å². The Balaban J connectivity index is 1.90. The van der Waals surface area contributed by atoms with Crippen molar-refractivity contribution in [2.75, 3.05) is 11.9 Å². The van der Waals surface area contributed by atoms with E-state index in [9.17, 15) is 19.5 Å². The van der Waals surface area contributed by atoms with Crippen LogP contribution in [0.3, 0.4) is 0 Å². The molecule has 0 saturated heterocycles. The lowest BCUT2D eigenvalue weighted by Crippen LogP contribution is -2.36. The van der Waals surface area contributed by atoms with E-state index in [-0.39, 0.29) is 5.91 Å². The average molecular weight is 416 g/mol. The Hall–Kier alpha value is -2.67. The Kier molecular flexibility index (Phi) is 7.04. The minimum Gasteiger partial charge on any atom is -0.481 e. The fraction of sp³-hybridized carbons (Fsp3) is 0.409. The summed E-state index contributed by atoms with van der Waals surface area (Å²) in [5.41, 5.74) is 1.88. The van der Waals surface area contributed by atoms with Crippen LogP contribution in [0, 0.1) is 11.8 Å². The Morgan fingerprint density at radius 3 is 2.48 bits per heavy atom. The van der Waals surface area contributed by atoms with Gasteiger partial charge in [-0.05, 0) is 24.8 Å². The second-order valence-corrected chi connectivity index (χ2v) is 8.06. The van der Waals surface area contributed by atoms with E-state index >= 15 is 0 Å². The molecule has 3 rings (SSSR count). The largest absolute Gasteiger partial charge is 0.481 e. The van der Waals surface area contributed by atoms with Gasteiger partial charge in [-0.25, -0.2) is 4.79 Å². The lowest BCUT2D eigenvalue weighted by Gasteiger charge is -2.27. The van der Waals surface area contributed by atoms with E-state index in [2.05, 4.69) is 5.32 Å². The average Bonchev–Trinajstić information content (AvgIpc) is 3.16. The zero-order valence-electron chi connectivity index (χ0n) is 16.3. The number of nitrogens with one attached hydrogen (secondary N) is 1. The summed E-state index contributed by atoms with van der Waals surface area (Å²) >= 11 is 1.25. The number of amides is 1. The first-order chi connectivity index (χ1) is 14.0. The van der Waals surface area contributed by atoms with Gasteiger partial charge in [0.1, 0.15) is 10.6 Å². The zero-order valence-corrected chi connectivity index (χ0v) is 17.2. The van der Waals surface area contributed by atoms with Crippen LogP contribution in [-0.2, 0) is 14.3 Å². The van der Waals surface area contributed by atoms with Gasteiger partial charge < -0.3 is 15.2 Å². The molecule has 0 unspecified atom stereocenters. The van der Waals surface area contributed by atoms with Crippen LogP contribution in [0.15, 0.2) is 35.7 Å². The van der Waals surface area contributed by atoms with Gasteiger partial charge >= 0.3 is 11.9 Å². The number of anilines is 1. The summed E-state index contributed by atoms with van der Waals surface area (Å²) in [5, 5.41) is 14.5. The molecule has 0 spiro atoms. The first-order valence-corrected chi connectivity index (χ1v) is 10.8. The van der Waals surface area contributed by atoms with Crippen molar-refractivity contribution in [2.45, 2.75) is 39.0 Å². The van der Waals surface area contributed by atoms with E-state index in [1.165, 1.54) is 11.3 Å². The number of rotatable bonds is 7. The van der Waals surface area contributed by atoms with Crippen molar-refractivity contribution in [3.63, 3.8) is 0 Å². The Morgan fingerprint density at radius 1 is 1.14 bits per heavy atom. The summed E-state index contributed by atoms with van der Waals surface area (Å²) in [6, 6.07) is 9.44. The van der Waals surface area contributed by atoms with Crippen LogP contribution in [0.25, 0.3) is 11.1 Å². The highest BCUT2D eigenvalue weighted by Gasteiger charge is 2.36. The van der Waals surface area contributed by atoms with Crippen LogP contribution >= 0.6 is 11.3 Å². The molecule has 6 nitrogen and oxygen atoms in total. The van der Waals surface area contributed by atoms with Crippen molar-refractivity contribution in [2.24, 2.45) is 11.8 Å². The Labute approximate surface area is 173 Å². The summed E-state index contributed by atoms with van der Waals surface area (Å²) in [7, 11) is 0. The summed E-state index contributed by atoms with van der Waals surface area (Å²) in [6.45, 7) is 2.21. The third-order valence-corrected chi connectivity index (χ3v) is 6.07. The number of esters is 1. The molecule has 1 heterocycles. The molecule has 2 aromatic rings. The molecule has 1 aliphatic carbocycles. The number of thiophene rings is 1. The molecule has 154 valence electrons. The minimum atomic E-state index is -0.941. The van der Waals surface area contributed by atoms with Crippen LogP contribution in [-0.4, -0.2) is 29.6 Å².